The molecule has 2 heterocycles. The van der Waals surface area contributed by atoms with E-state index in [0.29, 0.717) is 21.8 Å². The van der Waals surface area contributed by atoms with Gasteiger partial charge in [-0.25, -0.2) is 4.98 Å². The van der Waals surface area contributed by atoms with Gasteiger partial charge in [0.15, 0.2) is 0 Å². The van der Waals surface area contributed by atoms with Crippen LogP contribution in [0.3, 0.4) is 0 Å². The van der Waals surface area contributed by atoms with E-state index >= 15 is 0 Å². The zero-order valence-electron chi connectivity index (χ0n) is 17.2. The van der Waals surface area contributed by atoms with E-state index in [1.807, 2.05) is 19.3 Å². The smallest absolute Gasteiger partial charge is 0.241 e. The third-order valence-electron chi connectivity index (χ3n) is 5.41. The lowest BCUT2D eigenvalue weighted by molar-refractivity contribution is -0.120. The summed E-state index contributed by atoms with van der Waals surface area (Å²) in [6.45, 7) is 10.7. The first-order chi connectivity index (χ1) is 13.8. The van der Waals surface area contributed by atoms with Crippen molar-refractivity contribution in [1.29, 1.82) is 0 Å². The van der Waals surface area contributed by atoms with Crippen LogP contribution in [0.5, 0.6) is 0 Å². The molecule has 0 spiro atoms. The van der Waals surface area contributed by atoms with E-state index in [-0.39, 0.29) is 11.9 Å². The minimum Gasteiger partial charge on any atom is -0.331 e. The molecule has 1 atom stereocenters. The second-order valence-electron chi connectivity index (χ2n) is 7.80. The SMILES string of the molecule is CC(C(=O)Nc1cc(Cl)ccc1Cl)N1CCCN(Cc2nccn2C(C)C)CC1. The van der Waals surface area contributed by atoms with Crippen molar-refractivity contribution >= 4 is 34.8 Å². The fourth-order valence-electron chi connectivity index (χ4n) is 3.67. The predicted molar refractivity (Wildman–Crippen MR) is 119 cm³/mol. The Balaban J connectivity index is 1.57. The van der Waals surface area contributed by atoms with E-state index in [4.69, 9.17) is 23.2 Å². The standard InChI is InChI=1S/C21H29Cl2N5O/c1-15(2)28-10-7-24-20(28)14-26-8-4-9-27(12-11-26)16(3)21(29)25-19-13-17(22)5-6-18(19)23/h5-7,10,13,15-16H,4,8-9,11-12,14H2,1-3H3,(H,25,29). The molecule has 8 heteroatoms. The van der Waals surface area contributed by atoms with Gasteiger partial charge >= 0.3 is 0 Å². The fraction of sp³-hybridized carbons (Fsp3) is 0.524. The zero-order valence-corrected chi connectivity index (χ0v) is 18.7. The third-order valence-corrected chi connectivity index (χ3v) is 5.97. The molecule has 1 N–H and O–H groups in total. The molecular weight excluding hydrogens is 409 g/mol. The summed E-state index contributed by atoms with van der Waals surface area (Å²) >= 11 is 12.2. The molecule has 1 fully saturated rings. The summed E-state index contributed by atoms with van der Waals surface area (Å²) in [5, 5.41) is 3.94. The van der Waals surface area contributed by atoms with Gasteiger partial charge in [0.25, 0.3) is 0 Å². The van der Waals surface area contributed by atoms with Gasteiger partial charge in [-0.2, -0.15) is 0 Å². The van der Waals surface area contributed by atoms with Crippen LogP contribution in [0.2, 0.25) is 10.0 Å². The molecule has 0 aliphatic carbocycles. The van der Waals surface area contributed by atoms with Gasteiger partial charge in [0.2, 0.25) is 5.91 Å². The van der Waals surface area contributed by atoms with Crippen LogP contribution < -0.4 is 5.32 Å². The van der Waals surface area contributed by atoms with Crippen molar-refractivity contribution in [2.75, 3.05) is 31.5 Å². The molecule has 1 aliphatic heterocycles. The van der Waals surface area contributed by atoms with Crippen LogP contribution in [0.4, 0.5) is 5.69 Å². The number of carbonyl (C=O) groups excluding carboxylic acids is 1. The summed E-state index contributed by atoms with van der Waals surface area (Å²) in [7, 11) is 0. The molecule has 0 radical (unpaired) electrons. The number of amides is 1. The Hall–Kier alpha value is -1.60. The Morgan fingerprint density at radius 1 is 1.17 bits per heavy atom. The van der Waals surface area contributed by atoms with Crippen molar-refractivity contribution < 1.29 is 4.79 Å². The van der Waals surface area contributed by atoms with Crippen molar-refractivity contribution in [2.24, 2.45) is 0 Å². The maximum atomic E-state index is 12.8. The molecule has 1 aromatic carbocycles. The number of carbonyl (C=O) groups is 1. The summed E-state index contributed by atoms with van der Waals surface area (Å²) in [6.07, 6.45) is 4.92. The van der Waals surface area contributed by atoms with Crippen LogP contribution in [0.1, 0.15) is 39.1 Å². The van der Waals surface area contributed by atoms with Gasteiger partial charge in [0.05, 0.1) is 23.3 Å². The quantitative estimate of drug-likeness (QED) is 0.731. The van der Waals surface area contributed by atoms with Crippen molar-refractivity contribution in [3.8, 4) is 0 Å². The molecule has 0 saturated carbocycles. The molecule has 1 amide bonds. The predicted octanol–water partition coefficient (Wildman–Crippen LogP) is 4.31. The monoisotopic (exact) mass is 437 g/mol. The minimum atomic E-state index is -0.248. The minimum absolute atomic E-state index is 0.0713. The molecule has 1 unspecified atom stereocenters. The number of imidazole rings is 1. The van der Waals surface area contributed by atoms with Crippen molar-refractivity contribution in [3.63, 3.8) is 0 Å². The molecule has 3 rings (SSSR count). The van der Waals surface area contributed by atoms with Crippen LogP contribution in [0.25, 0.3) is 0 Å². The molecular formula is C21H29Cl2N5O. The van der Waals surface area contributed by atoms with E-state index in [2.05, 4.69) is 38.5 Å². The molecule has 1 saturated heterocycles. The van der Waals surface area contributed by atoms with Crippen LogP contribution in [-0.2, 0) is 11.3 Å². The first-order valence-electron chi connectivity index (χ1n) is 10.1. The third kappa shape index (κ3) is 5.72. The highest BCUT2D eigenvalue weighted by Crippen LogP contribution is 2.26. The van der Waals surface area contributed by atoms with Gasteiger partial charge in [0.1, 0.15) is 5.82 Å². The Morgan fingerprint density at radius 2 is 1.97 bits per heavy atom. The van der Waals surface area contributed by atoms with Crippen LogP contribution in [-0.4, -0.2) is 57.5 Å². The average Bonchev–Trinajstić information content (AvgIpc) is 3.02. The first-order valence-corrected chi connectivity index (χ1v) is 10.8. The lowest BCUT2D eigenvalue weighted by Gasteiger charge is -2.27. The first kappa shape index (κ1) is 22.1. The van der Waals surface area contributed by atoms with Gasteiger partial charge in [-0.05, 0) is 51.9 Å². The highest BCUT2D eigenvalue weighted by molar-refractivity contribution is 6.35. The van der Waals surface area contributed by atoms with E-state index < -0.39 is 0 Å². The molecule has 6 nitrogen and oxygen atoms in total. The molecule has 29 heavy (non-hydrogen) atoms. The van der Waals surface area contributed by atoms with Gasteiger partial charge in [-0.3, -0.25) is 14.6 Å². The molecule has 0 bridgehead atoms. The summed E-state index contributed by atoms with van der Waals surface area (Å²) in [6, 6.07) is 5.22. The lowest BCUT2D eigenvalue weighted by Crippen LogP contribution is -2.44. The van der Waals surface area contributed by atoms with Gasteiger partial charge in [0, 0.05) is 43.1 Å². The van der Waals surface area contributed by atoms with Crippen molar-refractivity contribution in [3.05, 3.63) is 46.5 Å². The van der Waals surface area contributed by atoms with Gasteiger partial charge in [-0.1, -0.05) is 23.2 Å². The highest BCUT2D eigenvalue weighted by atomic mass is 35.5. The maximum absolute atomic E-state index is 12.8. The lowest BCUT2D eigenvalue weighted by atomic mass is 10.2. The molecule has 1 aromatic heterocycles. The zero-order chi connectivity index (χ0) is 21.0. The maximum Gasteiger partial charge on any atom is 0.241 e. The fourth-order valence-corrected chi connectivity index (χ4v) is 4.01. The number of benzene rings is 1. The second-order valence-corrected chi connectivity index (χ2v) is 8.64. The van der Waals surface area contributed by atoms with Crippen LogP contribution in [0, 0.1) is 0 Å². The van der Waals surface area contributed by atoms with Crippen LogP contribution in [0.15, 0.2) is 30.6 Å². The Labute approximate surface area is 182 Å². The molecule has 1 aliphatic rings. The number of nitrogens with one attached hydrogen (secondary N) is 1. The number of halogens is 2. The number of nitrogens with zero attached hydrogens (tertiary/aromatic N) is 4. The van der Waals surface area contributed by atoms with Gasteiger partial charge < -0.3 is 9.88 Å². The Bertz CT molecular complexity index is 838. The largest absolute Gasteiger partial charge is 0.331 e. The van der Waals surface area contributed by atoms with E-state index in [1.54, 1.807) is 18.2 Å². The number of anilines is 1. The molecule has 2 aromatic rings. The summed E-state index contributed by atoms with van der Waals surface area (Å²) in [5.41, 5.74) is 0.549. The normalized spacial score (nSPS) is 17.3. The molecule has 158 valence electrons. The van der Waals surface area contributed by atoms with Crippen LogP contribution >= 0.6 is 23.2 Å². The average molecular weight is 438 g/mol. The Kier molecular flexibility index (Phi) is 7.57. The number of hydrogen-bond acceptors (Lipinski definition) is 4. The van der Waals surface area contributed by atoms with E-state index in [1.165, 1.54) is 0 Å². The number of aromatic nitrogens is 2. The summed E-state index contributed by atoms with van der Waals surface area (Å²) < 4.78 is 2.22. The summed E-state index contributed by atoms with van der Waals surface area (Å²) in [5.74, 6) is 1.02. The number of hydrogen-bond donors (Lipinski definition) is 1. The van der Waals surface area contributed by atoms with Gasteiger partial charge in [-0.15, -0.1) is 0 Å². The van der Waals surface area contributed by atoms with Crippen molar-refractivity contribution in [1.82, 2.24) is 19.4 Å². The van der Waals surface area contributed by atoms with E-state index in [0.717, 1.165) is 45.0 Å². The second kappa shape index (κ2) is 9.94. The van der Waals surface area contributed by atoms with Crippen molar-refractivity contribution in [2.45, 2.75) is 45.8 Å². The summed E-state index contributed by atoms with van der Waals surface area (Å²) in [4.78, 5) is 21.9. The number of rotatable bonds is 6. The topological polar surface area (TPSA) is 53.4 Å². The highest BCUT2D eigenvalue weighted by Gasteiger charge is 2.25. The van der Waals surface area contributed by atoms with E-state index in [9.17, 15) is 4.79 Å². The Morgan fingerprint density at radius 3 is 2.72 bits per heavy atom.